The van der Waals surface area contributed by atoms with Crippen LogP contribution in [0.5, 0.6) is 0 Å². The SMILES string of the molecule is O=C([O-])c1ccccc1[C+]1C2CCC(O)CC2OC2CC(O)CCC12. The normalized spacial score (nSPS) is 37.9. The van der Waals surface area contributed by atoms with E-state index in [1.165, 1.54) is 0 Å². The van der Waals surface area contributed by atoms with Crippen LogP contribution in [0.15, 0.2) is 24.3 Å². The van der Waals surface area contributed by atoms with Gasteiger partial charge in [0.2, 0.25) is 0 Å². The highest BCUT2D eigenvalue weighted by molar-refractivity contribution is 5.88. The highest BCUT2D eigenvalue weighted by Crippen LogP contribution is 2.51. The van der Waals surface area contributed by atoms with Crippen LogP contribution in [-0.2, 0) is 4.74 Å². The minimum Gasteiger partial charge on any atom is -0.532 e. The van der Waals surface area contributed by atoms with E-state index in [1.807, 2.05) is 12.1 Å². The number of aromatic carboxylic acids is 1. The maximum Gasteiger partial charge on any atom is 0.142 e. The van der Waals surface area contributed by atoms with Crippen LogP contribution < -0.4 is 5.11 Å². The Balaban J connectivity index is 1.75. The van der Waals surface area contributed by atoms with Crippen molar-refractivity contribution in [2.45, 2.75) is 62.9 Å². The van der Waals surface area contributed by atoms with Crippen LogP contribution in [0.3, 0.4) is 0 Å². The Hall–Kier alpha value is -1.56. The first kappa shape index (κ1) is 16.9. The summed E-state index contributed by atoms with van der Waals surface area (Å²) in [6, 6.07) is 7.06. The zero-order chi connectivity index (χ0) is 17.6. The van der Waals surface area contributed by atoms with Crippen molar-refractivity contribution in [1.29, 1.82) is 0 Å². The van der Waals surface area contributed by atoms with Crippen molar-refractivity contribution in [2.24, 2.45) is 11.8 Å². The van der Waals surface area contributed by atoms with Gasteiger partial charge in [0.25, 0.3) is 0 Å². The van der Waals surface area contributed by atoms with E-state index in [9.17, 15) is 20.1 Å². The lowest BCUT2D eigenvalue weighted by Gasteiger charge is -2.49. The second-order valence-electron chi connectivity index (χ2n) is 7.65. The quantitative estimate of drug-likeness (QED) is 0.783. The molecule has 0 amide bonds. The van der Waals surface area contributed by atoms with Crippen molar-refractivity contribution >= 4 is 5.97 Å². The Morgan fingerprint density at radius 1 is 1.00 bits per heavy atom. The van der Waals surface area contributed by atoms with E-state index in [0.29, 0.717) is 25.7 Å². The first-order chi connectivity index (χ1) is 12.0. The van der Waals surface area contributed by atoms with Crippen LogP contribution in [0.2, 0.25) is 0 Å². The molecular formula is C20H24O5. The number of carbonyl (C=O) groups excluding carboxylic acids is 1. The molecule has 1 saturated heterocycles. The summed E-state index contributed by atoms with van der Waals surface area (Å²) in [4.78, 5) is 11.7. The van der Waals surface area contributed by atoms with Crippen molar-refractivity contribution in [3.63, 3.8) is 0 Å². The lowest BCUT2D eigenvalue weighted by molar-refractivity contribution is -0.255. The standard InChI is InChI=1S/C20H24O5/c21-11-5-7-15-17(9-11)25-18-10-12(22)6-8-16(18)19(15)13-3-1-2-4-14(13)20(23)24/h1-4,11-12,15-18,21-22H,5-10H2. The topological polar surface area (TPSA) is 89.8 Å². The van der Waals surface area contributed by atoms with Gasteiger partial charge in [-0.15, -0.1) is 0 Å². The van der Waals surface area contributed by atoms with E-state index in [-0.39, 0.29) is 41.8 Å². The number of fused-ring (bicyclic) bond motifs is 2. The van der Waals surface area contributed by atoms with E-state index in [0.717, 1.165) is 24.3 Å². The summed E-state index contributed by atoms with van der Waals surface area (Å²) < 4.78 is 6.28. The fraction of sp³-hybridized carbons (Fsp3) is 0.600. The minimum atomic E-state index is -1.16. The zero-order valence-corrected chi connectivity index (χ0v) is 14.1. The largest absolute Gasteiger partial charge is 0.532 e. The van der Waals surface area contributed by atoms with Gasteiger partial charge in [0.1, 0.15) is 17.1 Å². The van der Waals surface area contributed by atoms with Gasteiger partial charge in [0, 0.05) is 30.9 Å². The van der Waals surface area contributed by atoms with E-state index in [4.69, 9.17) is 4.74 Å². The van der Waals surface area contributed by atoms with Crippen molar-refractivity contribution in [1.82, 2.24) is 0 Å². The molecule has 6 atom stereocenters. The first-order valence-corrected chi connectivity index (χ1v) is 9.23. The third-order valence-corrected chi connectivity index (χ3v) is 6.13. The number of carbonyl (C=O) groups is 1. The third-order valence-electron chi connectivity index (χ3n) is 6.13. The van der Waals surface area contributed by atoms with E-state index >= 15 is 0 Å². The Morgan fingerprint density at radius 2 is 1.56 bits per heavy atom. The van der Waals surface area contributed by atoms with Crippen LogP contribution in [0.4, 0.5) is 0 Å². The summed E-state index contributed by atoms with van der Waals surface area (Å²) in [5.41, 5.74) is 0.984. The number of carboxylic acids is 1. The molecule has 1 heterocycles. The zero-order valence-electron chi connectivity index (χ0n) is 14.1. The molecule has 6 unspecified atom stereocenters. The van der Waals surface area contributed by atoms with Gasteiger partial charge in [0.05, 0.1) is 36.3 Å². The van der Waals surface area contributed by atoms with E-state index in [1.54, 1.807) is 12.1 Å². The minimum absolute atomic E-state index is 0.111. The molecule has 2 aliphatic carbocycles. The van der Waals surface area contributed by atoms with Crippen LogP contribution in [-0.4, -0.2) is 40.6 Å². The van der Waals surface area contributed by atoms with Crippen molar-refractivity contribution in [3.8, 4) is 0 Å². The highest BCUT2D eigenvalue weighted by Gasteiger charge is 2.54. The lowest BCUT2D eigenvalue weighted by atomic mass is 9.62. The van der Waals surface area contributed by atoms with Crippen molar-refractivity contribution in [3.05, 3.63) is 41.3 Å². The second kappa shape index (κ2) is 6.63. The summed E-state index contributed by atoms with van der Waals surface area (Å²) in [5, 5.41) is 31.8. The Bertz CT molecular complexity index is 619. The number of aliphatic hydroxyl groups excluding tert-OH is 2. The molecule has 2 N–H and O–H groups in total. The van der Waals surface area contributed by atoms with E-state index in [2.05, 4.69) is 0 Å². The molecule has 3 aliphatic rings. The van der Waals surface area contributed by atoms with Gasteiger partial charge in [-0.25, -0.2) is 0 Å². The predicted octanol–water partition coefficient (Wildman–Crippen LogP) is 1.06. The number of hydrogen-bond acceptors (Lipinski definition) is 5. The molecule has 1 aromatic carbocycles. The maximum atomic E-state index is 11.7. The highest BCUT2D eigenvalue weighted by atomic mass is 16.5. The molecule has 0 aromatic heterocycles. The molecule has 0 radical (unpaired) electrons. The van der Waals surface area contributed by atoms with Crippen LogP contribution in [0.25, 0.3) is 0 Å². The molecule has 5 heteroatoms. The van der Waals surface area contributed by atoms with Gasteiger partial charge < -0.3 is 24.9 Å². The Morgan fingerprint density at radius 3 is 2.12 bits per heavy atom. The molecule has 5 nitrogen and oxygen atoms in total. The molecule has 1 aromatic rings. The Labute approximate surface area is 147 Å². The monoisotopic (exact) mass is 344 g/mol. The predicted molar refractivity (Wildman–Crippen MR) is 88.5 cm³/mol. The smallest absolute Gasteiger partial charge is 0.142 e. The Kier molecular flexibility index (Phi) is 4.48. The van der Waals surface area contributed by atoms with Gasteiger partial charge >= 0.3 is 0 Å². The number of hydrogen-bond donors (Lipinski definition) is 2. The van der Waals surface area contributed by atoms with Crippen molar-refractivity contribution in [2.75, 3.05) is 0 Å². The summed E-state index contributed by atoms with van der Waals surface area (Å²) in [7, 11) is 0. The van der Waals surface area contributed by atoms with E-state index < -0.39 is 5.97 Å². The second-order valence-corrected chi connectivity index (χ2v) is 7.65. The fourth-order valence-electron chi connectivity index (χ4n) is 5.04. The summed E-state index contributed by atoms with van der Waals surface area (Å²) >= 11 is 0. The molecular weight excluding hydrogens is 320 g/mol. The maximum absolute atomic E-state index is 11.7. The molecule has 25 heavy (non-hydrogen) atoms. The van der Waals surface area contributed by atoms with Crippen LogP contribution in [0, 0.1) is 17.8 Å². The summed E-state index contributed by atoms with van der Waals surface area (Å²) in [6.07, 6.45) is 3.20. The first-order valence-electron chi connectivity index (χ1n) is 9.23. The average molecular weight is 344 g/mol. The molecule has 3 fully saturated rings. The molecule has 4 rings (SSSR count). The molecule has 134 valence electrons. The molecule has 2 saturated carbocycles. The summed E-state index contributed by atoms with van der Waals surface area (Å²) in [5.74, 6) is 0.231. The third kappa shape index (κ3) is 3.05. The van der Waals surface area contributed by atoms with Gasteiger partial charge in [0.15, 0.2) is 0 Å². The number of benzene rings is 1. The number of ether oxygens (including phenoxy) is 1. The molecule has 0 spiro atoms. The average Bonchev–Trinajstić information content (AvgIpc) is 2.59. The van der Waals surface area contributed by atoms with Gasteiger partial charge in [-0.05, 0) is 37.8 Å². The van der Waals surface area contributed by atoms with Crippen LogP contribution in [0.1, 0.15) is 54.4 Å². The molecule has 1 aliphatic heterocycles. The number of rotatable bonds is 2. The molecule has 0 bridgehead atoms. The van der Waals surface area contributed by atoms with Gasteiger partial charge in [-0.1, -0.05) is 0 Å². The van der Waals surface area contributed by atoms with Gasteiger partial charge in [-0.3, -0.25) is 0 Å². The fourth-order valence-corrected chi connectivity index (χ4v) is 5.04. The number of carboxylic acid groups (broad SMARTS) is 1. The van der Waals surface area contributed by atoms with Crippen molar-refractivity contribution < 1.29 is 24.9 Å². The number of aliphatic hydroxyl groups is 2. The lowest BCUT2D eigenvalue weighted by Crippen LogP contribution is -2.53. The summed E-state index contributed by atoms with van der Waals surface area (Å²) in [6.45, 7) is 0. The van der Waals surface area contributed by atoms with Crippen LogP contribution >= 0.6 is 0 Å². The van der Waals surface area contributed by atoms with Gasteiger partial charge in [-0.2, -0.15) is 0 Å².